The van der Waals surface area contributed by atoms with Crippen LogP contribution in [0.4, 0.5) is 0 Å². The maximum atomic E-state index is 5.81. The molecule has 1 saturated carbocycles. The minimum absolute atomic E-state index is 0.155. The lowest BCUT2D eigenvalue weighted by molar-refractivity contribution is 0.302. The van der Waals surface area contributed by atoms with E-state index in [1.807, 2.05) is 37.3 Å². The summed E-state index contributed by atoms with van der Waals surface area (Å²) < 4.78 is 11.3. The van der Waals surface area contributed by atoms with Gasteiger partial charge in [0.05, 0.1) is 12.4 Å². The summed E-state index contributed by atoms with van der Waals surface area (Å²) in [6.07, 6.45) is 4.38. The Bertz CT molecular complexity index is 561. The molecular formula is C15H18N2O2. The quantitative estimate of drug-likeness (QED) is 0.639. The predicted molar refractivity (Wildman–Crippen MR) is 72.7 cm³/mol. The van der Waals surface area contributed by atoms with Crippen LogP contribution in [-0.4, -0.2) is 6.10 Å². The highest BCUT2D eigenvalue weighted by atomic mass is 16.5. The maximum absolute atomic E-state index is 5.81. The summed E-state index contributed by atoms with van der Waals surface area (Å²) in [5.41, 5.74) is 4.93. The molecule has 0 amide bonds. The second-order valence-corrected chi connectivity index (χ2v) is 4.96. The van der Waals surface area contributed by atoms with Crippen molar-refractivity contribution < 1.29 is 9.15 Å². The Hall–Kier alpha value is -1.78. The zero-order valence-electron chi connectivity index (χ0n) is 10.9. The lowest BCUT2D eigenvalue weighted by atomic mass is 10.0. The second kappa shape index (κ2) is 5.07. The minimum Gasteiger partial charge on any atom is -0.490 e. The third kappa shape index (κ3) is 2.64. The van der Waals surface area contributed by atoms with Crippen molar-refractivity contribution in [2.24, 2.45) is 5.84 Å². The monoisotopic (exact) mass is 258 g/mol. The Labute approximate surface area is 112 Å². The summed E-state index contributed by atoms with van der Waals surface area (Å²) in [7, 11) is 0. The second-order valence-electron chi connectivity index (χ2n) is 4.96. The van der Waals surface area contributed by atoms with Crippen LogP contribution >= 0.6 is 0 Å². The van der Waals surface area contributed by atoms with E-state index in [-0.39, 0.29) is 6.04 Å². The van der Waals surface area contributed by atoms with Crippen LogP contribution in [0, 0.1) is 6.92 Å². The molecule has 1 aromatic carbocycles. The molecule has 4 nitrogen and oxygen atoms in total. The van der Waals surface area contributed by atoms with E-state index >= 15 is 0 Å². The molecule has 0 radical (unpaired) electrons. The molecule has 0 saturated heterocycles. The zero-order chi connectivity index (χ0) is 13.2. The molecule has 100 valence electrons. The molecule has 2 aromatic rings. The van der Waals surface area contributed by atoms with Gasteiger partial charge in [-0.3, -0.25) is 5.84 Å². The minimum atomic E-state index is -0.155. The summed E-state index contributed by atoms with van der Waals surface area (Å²) in [5, 5.41) is 0. The van der Waals surface area contributed by atoms with Gasteiger partial charge in [-0.05, 0) is 49.1 Å². The molecule has 1 heterocycles. The summed E-state index contributed by atoms with van der Waals surface area (Å²) in [5.74, 6) is 7.41. The van der Waals surface area contributed by atoms with Crippen LogP contribution in [0.1, 0.15) is 35.8 Å². The maximum Gasteiger partial charge on any atom is 0.129 e. The normalized spacial score (nSPS) is 16.3. The summed E-state index contributed by atoms with van der Waals surface area (Å²) >= 11 is 0. The lowest BCUT2D eigenvalue weighted by Crippen LogP contribution is -2.29. The Morgan fingerprint density at radius 1 is 1.37 bits per heavy atom. The first-order chi connectivity index (χ1) is 9.28. The summed E-state index contributed by atoms with van der Waals surface area (Å²) in [6.45, 7) is 2.01. The van der Waals surface area contributed by atoms with Crippen molar-refractivity contribution in [3.05, 3.63) is 53.5 Å². The molecule has 1 aliphatic rings. The van der Waals surface area contributed by atoms with Gasteiger partial charge < -0.3 is 9.15 Å². The fraction of sp³-hybridized carbons (Fsp3) is 0.333. The molecule has 3 N–H and O–H groups in total. The highest BCUT2D eigenvalue weighted by molar-refractivity contribution is 5.36. The van der Waals surface area contributed by atoms with Crippen molar-refractivity contribution in [2.45, 2.75) is 31.9 Å². The van der Waals surface area contributed by atoms with Gasteiger partial charge in [0.25, 0.3) is 0 Å². The third-order valence-corrected chi connectivity index (χ3v) is 3.35. The van der Waals surface area contributed by atoms with Crippen LogP contribution in [0.2, 0.25) is 0 Å². The van der Waals surface area contributed by atoms with E-state index in [2.05, 4.69) is 5.43 Å². The van der Waals surface area contributed by atoms with E-state index in [0.29, 0.717) is 6.10 Å². The molecule has 1 unspecified atom stereocenters. The van der Waals surface area contributed by atoms with E-state index in [0.717, 1.165) is 35.5 Å². The molecule has 1 aromatic heterocycles. The number of nitrogens with two attached hydrogens (primary N) is 1. The Morgan fingerprint density at radius 3 is 2.84 bits per heavy atom. The number of benzene rings is 1. The molecule has 4 heteroatoms. The van der Waals surface area contributed by atoms with Gasteiger partial charge in [-0.15, -0.1) is 0 Å². The van der Waals surface area contributed by atoms with E-state index in [1.165, 1.54) is 0 Å². The average Bonchev–Trinajstić information content (AvgIpc) is 3.13. The van der Waals surface area contributed by atoms with Crippen LogP contribution in [0.15, 0.2) is 41.0 Å². The van der Waals surface area contributed by atoms with E-state index in [4.69, 9.17) is 15.0 Å². The molecule has 19 heavy (non-hydrogen) atoms. The first-order valence-corrected chi connectivity index (χ1v) is 6.54. The topological polar surface area (TPSA) is 60.4 Å². The summed E-state index contributed by atoms with van der Waals surface area (Å²) in [4.78, 5) is 0. The number of hydrogen-bond acceptors (Lipinski definition) is 4. The first-order valence-electron chi connectivity index (χ1n) is 6.54. The molecule has 1 atom stereocenters. The van der Waals surface area contributed by atoms with Gasteiger partial charge in [-0.1, -0.05) is 12.1 Å². The fourth-order valence-electron chi connectivity index (χ4n) is 2.15. The zero-order valence-corrected chi connectivity index (χ0v) is 10.9. The number of rotatable bonds is 5. The molecule has 3 rings (SSSR count). The SMILES string of the molecule is Cc1ccoc1C(NN)c1cccc(OC2CC2)c1. The average molecular weight is 258 g/mol. The number of hydrogen-bond donors (Lipinski definition) is 2. The van der Waals surface area contributed by atoms with Gasteiger partial charge in [0.15, 0.2) is 0 Å². The van der Waals surface area contributed by atoms with Gasteiger partial charge >= 0.3 is 0 Å². The van der Waals surface area contributed by atoms with Crippen molar-refractivity contribution in [1.82, 2.24) is 5.43 Å². The number of ether oxygens (including phenoxy) is 1. The molecule has 0 aliphatic heterocycles. The van der Waals surface area contributed by atoms with Gasteiger partial charge in [0.2, 0.25) is 0 Å². The van der Waals surface area contributed by atoms with Gasteiger partial charge in [-0.2, -0.15) is 0 Å². The molecule has 1 fully saturated rings. The van der Waals surface area contributed by atoms with Crippen molar-refractivity contribution >= 4 is 0 Å². The molecule has 1 aliphatic carbocycles. The van der Waals surface area contributed by atoms with Crippen LogP contribution in [0.25, 0.3) is 0 Å². The van der Waals surface area contributed by atoms with Crippen molar-refractivity contribution in [3.8, 4) is 5.75 Å². The Balaban J connectivity index is 1.88. The largest absolute Gasteiger partial charge is 0.490 e. The number of hydrazine groups is 1. The van der Waals surface area contributed by atoms with Crippen LogP contribution in [0.3, 0.4) is 0 Å². The van der Waals surface area contributed by atoms with Gasteiger partial charge in [0.1, 0.15) is 17.6 Å². The van der Waals surface area contributed by atoms with Crippen LogP contribution in [0.5, 0.6) is 5.75 Å². The third-order valence-electron chi connectivity index (χ3n) is 3.35. The van der Waals surface area contributed by atoms with E-state index in [1.54, 1.807) is 6.26 Å². The standard InChI is InChI=1S/C15H18N2O2/c1-10-7-8-18-15(10)14(17-16)11-3-2-4-13(9-11)19-12-5-6-12/h2-4,7-9,12,14,17H,5-6,16H2,1H3. The number of nitrogens with one attached hydrogen (secondary N) is 1. The van der Waals surface area contributed by atoms with Gasteiger partial charge in [-0.25, -0.2) is 5.43 Å². The number of aryl methyl sites for hydroxylation is 1. The molecule has 0 spiro atoms. The Morgan fingerprint density at radius 2 is 2.21 bits per heavy atom. The van der Waals surface area contributed by atoms with Crippen molar-refractivity contribution in [2.75, 3.05) is 0 Å². The predicted octanol–water partition coefficient (Wildman–Crippen LogP) is 2.68. The smallest absolute Gasteiger partial charge is 0.129 e. The van der Waals surface area contributed by atoms with E-state index < -0.39 is 0 Å². The summed E-state index contributed by atoms with van der Waals surface area (Å²) in [6, 6.07) is 9.78. The molecular weight excluding hydrogens is 240 g/mol. The van der Waals surface area contributed by atoms with Gasteiger partial charge in [0, 0.05) is 0 Å². The van der Waals surface area contributed by atoms with Crippen LogP contribution < -0.4 is 16.0 Å². The van der Waals surface area contributed by atoms with Crippen LogP contribution in [-0.2, 0) is 0 Å². The molecule has 0 bridgehead atoms. The fourth-order valence-corrected chi connectivity index (χ4v) is 2.15. The number of furan rings is 1. The Kier molecular flexibility index (Phi) is 3.27. The highest BCUT2D eigenvalue weighted by Gasteiger charge is 2.24. The van der Waals surface area contributed by atoms with Crippen molar-refractivity contribution in [1.29, 1.82) is 0 Å². The first kappa shape index (κ1) is 12.3. The highest BCUT2D eigenvalue weighted by Crippen LogP contribution is 2.30. The van der Waals surface area contributed by atoms with Crippen molar-refractivity contribution in [3.63, 3.8) is 0 Å². The lowest BCUT2D eigenvalue weighted by Gasteiger charge is -2.16. The van der Waals surface area contributed by atoms with E-state index in [9.17, 15) is 0 Å².